The summed E-state index contributed by atoms with van der Waals surface area (Å²) in [5.74, 6) is 0.609. The van der Waals surface area contributed by atoms with Crippen LogP contribution in [0.1, 0.15) is 46.5 Å². The molecule has 0 aromatic heterocycles. The van der Waals surface area contributed by atoms with Gasteiger partial charge in [-0.05, 0) is 30.6 Å². The summed E-state index contributed by atoms with van der Waals surface area (Å²) in [5.41, 5.74) is 0.0780. The molecule has 0 saturated heterocycles. The molecule has 4 nitrogen and oxygen atoms in total. The number of carbonyl (C=O) groups excluding carboxylic acids is 1. The first-order valence-electron chi connectivity index (χ1n) is 6.98. The molecule has 106 valence electrons. The number of urea groups is 1. The molecule has 18 heavy (non-hydrogen) atoms. The van der Waals surface area contributed by atoms with E-state index in [1.54, 1.807) is 7.11 Å². The van der Waals surface area contributed by atoms with Gasteiger partial charge in [0.1, 0.15) is 0 Å². The Morgan fingerprint density at radius 3 is 2.67 bits per heavy atom. The van der Waals surface area contributed by atoms with E-state index < -0.39 is 0 Å². The largest absolute Gasteiger partial charge is 0.385 e. The van der Waals surface area contributed by atoms with Crippen LogP contribution in [-0.2, 0) is 4.74 Å². The molecule has 2 atom stereocenters. The van der Waals surface area contributed by atoms with Crippen LogP contribution in [-0.4, -0.2) is 32.3 Å². The molecule has 1 saturated carbocycles. The Morgan fingerprint density at radius 1 is 1.39 bits per heavy atom. The van der Waals surface area contributed by atoms with Crippen LogP contribution in [0.3, 0.4) is 0 Å². The van der Waals surface area contributed by atoms with E-state index in [2.05, 4.69) is 31.4 Å². The summed E-state index contributed by atoms with van der Waals surface area (Å²) in [6.07, 6.45) is 4.51. The van der Waals surface area contributed by atoms with Crippen molar-refractivity contribution in [2.24, 2.45) is 11.3 Å². The maximum atomic E-state index is 11.8. The quantitative estimate of drug-likeness (QED) is 0.767. The first-order chi connectivity index (χ1) is 8.44. The minimum absolute atomic E-state index is 0.0285. The maximum absolute atomic E-state index is 11.8. The van der Waals surface area contributed by atoms with E-state index in [-0.39, 0.29) is 11.4 Å². The normalized spacial score (nSPS) is 24.0. The van der Waals surface area contributed by atoms with Gasteiger partial charge in [0.05, 0.1) is 0 Å². The average molecular weight is 256 g/mol. The van der Waals surface area contributed by atoms with Crippen molar-refractivity contribution < 1.29 is 9.53 Å². The number of hydrogen-bond donors (Lipinski definition) is 2. The Hall–Kier alpha value is -0.770. The number of amides is 2. The fourth-order valence-electron chi connectivity index (χ4n) is 2.37. The van der Waals surface area contributed by atoms with Crippen LogP contribution in [0.5, 0.6) is 0 Å². The molecule has 1 aliphatic carbocycles. The molecule has 0 aliphatic heterocycles. The highest BCUT2D eigenvalue weighted by Crippen LogP contribution is 2.24. The molecule has 0 aromatic carbocycles. The van der Waals surface area contributed by atoms with Crippen LogP contribution in [0, 0.1) is 11.3 Å². The molecule has 0 bridgehead atoms. The third kappa shape index (κ3) is 5.25. The van der Waals surface area contributed by atoms with Crippen LogP contribution in [0.15, 0.2) is 0 Å². The van der Waals surface area contributed by atoms with E-state index in [0.29, 0.717) is 18.5 Å². The second kappa shape index (κ2) is 6.98. The lowest BCUT2D eigenvalue weighted by atomic mass is 9.90. The summed E-state index contributed by atoms with van der Waals surface area (Å²) in [6, 6.07) is 0.325. The van der Waals surface area contributed by atoms with E-state index in [1.165, 1.54) is 12.8 Å². The van der Waals surface area contributed by atoms with Gasteiger partial charge in [-0.1, -0.05) is 27.2 Å². The molecule has 0 heterocycles. The van der Waals surface area contributed by atoms with E-state index in [1.807, 2.05) is 0 Å². The summed E-state index contributed by atoms with van der Waals surface area (Å²) < 4.78 is 5.08. The van der Waals surface area contributed by atoms with Crippen LogP contribution in [0.4, 0.5) is 4.79 Å². The van der Waals surface area contributed by atoms with Gasteiger partial charge in [-0.3, -0.25) is 0 Å². The van der Waals surface area contributed by atoms with Crippen molar-refractivity contribution in [1.29, 1.82) is 0 Å². The Kier molecular flexibility index (Phi) is 5.93. The number of carbonyl (C=O) groups is 1. The first kappa shape index (κ1) is 15.3. The zero-order valence-electron chi connectivity index (χ0n) is 12.2. The van der Waals surface area contributed by atoms with Crippen molar-refractivity contribution in [2.45, 2.75) is 52.5 Å². The number of nitrogens with one attached hydrogen (secondary N) is 2. The monoisotopic (exact) mass is 256 g/mol. The third-order valence-electron chi connectivity index (χ3n) is 3.89. The van der Waals surface area contributed by atoms with Gasteiger partial charge < -0.3 is 15.4 Å². The minimum Gasteiger partial charge on any atom is -0.385 e. The van der Waals surface area contributed by atoms with Crippen LogP contribution in [0.2, 0.25) is 0 Å². The summed E-state index contributed by atoms with van der Waals surface area (Å²) in [7, 11) is 1.71. The van der Waals surface area contributed by atoms with Crippen molar-refractivity contribution in [1.82, 2.24) is 10.6 Å². The van der Waals surface area contributed by atoms with Crippen molar-refractivity contribution in [3.63, 3.8) is 0 Å². The fourth-order valence-corrected chi connectivity index (χ4v) is 2.37. The van der Waals surface area contributed by atoms with Crippen molar-refractivity contribution >= 4 is 6.03 Å². The van der Waals surface area contributed by atoms with Crippen LogP contribution in [0.25, 0.3) is 0 Å². The highest BCUT2D eigenvalue weighted by Gasteiger charge is 2.25. The second-order valence-corrected chi connectivity index (χ2v) is 6.25. The zero-order chi connectivity index (χ0) is 13.6. The van der Waals surface area contributed by atoms with Gasteiger partial charge in [0, 0.05) is 26.3 Å². The van der Waals surface area contributed by atoms with Gasteiger partial charge in [-0.2, -0.15) is 0 Å². The Labute approximate surface area is 111 Å². The SMILES string of the molecule is COCCC(C)(C)CNC(=O)N[C@@H]1CCC[C@H]1C. The molecule has 0 aromatic rings. The number of ether oxygens (including phenoxy) is 1. The topological polar surface area (TPSA) is 50.4 Å². The van der Waals surface area contributed by atoms with Crippen molar-refractivity contribution in [3.8, 4) is 0 Å². The van der Waals surface area contributed by atoms with E-state index in [0.717, 1.165) is 19.4 Å². The lowest BCUT2D eigenvalue weighted by Gasteiger charge is -2.25. The fraction of sp³-hybridized carbons (Fsp3) is 0.929. The molecule has 1 fully saturated rings. The molecule has 4 heteroatoms. The lowest BCUT2D eigenvalue weighted by molar-refractivity contribution is 0.150. The Balaban J connectivity index is 2.23. The molecule has 0 radical (unpaired) electrons. The van der Waals surface area contributed by atoms with Crippen LogP contribution >= 0.6 is 0 Å². The Bertz CT molecular complexity index is 267. The lowest BCUT2D eigenvalue weighted by Crippen LogP contribution is -2.46. The molecule has 1 rings (SSSR count). The molecule has 0 spiro atoms. The van der Waals surface area contributed by atoms with E-state index >= 15 is 0 Å². The highest BCUT2D eigenvalue weighted by molar-refractivity contribution is 5.74. The summed E-state index contributed by atoms with van der Waals surface area (Å²) in [6.45, 7) is 7.91. The smallest absolute Gasteiger partial charge is 0.315 e. The van der Waals surface area contributed by atoms with Crippen molar-refractivity contribution in [3.05, 3.63) is 0 Å². The van der Waals surface area contributed by atoms with Gasteiger partial charge in [0.25, 0.3) is 0 Å². The summed E-state index contributed by atoms with van der Waals surface area (Å²) in [4.78, 5) is 11.8. The molecular weight excluding hydrogens is 228 g/mol. The summed E-state index contributed by atoms with van der Waals surface area (Å²) in [5, 5.41) is 6.05. The summed E-state index contributed by atoms with van der Waals surface area (Å²) >= 11 is 0. The highest BCUT2D eigenvalue weighted by atomic mass is 16.5. The number of hydrogen-bond acceptors (Lipinski definition) is 2. The van der Waals surface area contributed by atoms with E-state index in [4.69, 9.17) is 4.74 Å². The van der Waals surface area contributed by atoms with Gasteiger partial charge in [-0.15, -0.1) is 0 Å². The molecule has 1 aliphatic rings. The average Bonchev–Trinajstić information content (AvgIpc) is 2.70. The molecular formula is C14H28N2O2. The molecule has 2 N–H and O–H groups in total. The maximum Gasteiger partial charge on any atom is 0.315 e. The Morgan fingerprint density at radius 2 is 2.11 bits per heavy atom. The predicted octanol–water partition coefficient (Wildman–Crippen LogP) is 2.54. The van der Waals surface area contributed by atoms with Gasteiger partial charge in [0.15, 0.2) is 0 Å². The predicted molar refractivity (Wildman–Crippen MR) is 73.6 cm³/mol. The van der Waals surface area contributed by atoms with Crippen LogP contribution < -0.4 is 10.6 Å². The number of rotatable bonds is 6. The second-order valence-electron chi connectivity index (χ2n) is 6.25. The molecule has 2 amide bonds. The van der Waals surface area contributed by atoms with Crippen molar-refractivity contribution in [2.75, 3.05) is 20.3 Å². The van der Waals surface area contributed by atoms with E-state index in [9.17, 15) is 4.79 Å². The standard InChI is InChI=1S/C14H28N2O2/c1-11-6-5-7-12(11)16-13(17)15-10-14(2,3)8-9-18-4/h11-12H,5-10H2,1-4H3,(H2,15,16,17)/t11-,12-/m1/s1. The molecule has 0 unspecified atom stereocenters. The van der Waals surface area contributed by atoms with Gasteiger partial charge in [0.2, 0.25) is 0 Å². The van der Waals surface area contributed by atoms with Gasteiger partial charge >= 0.3 is 6.03 Å². The van der Waals surface area contributed by atoms with Gasteiger partial charge in [-0.25, -0.2) is 4.79 Å². The first-order valence-corrected chi connectivity index (χ1v) is 6.98. The minimum atomic E-state index is -0.0285. The zero-order valence-corrected chi connectivity index (χ0v) is 12.2. The number of methoxy groups -OCH3 is 1. The third-order valence-corrected chi connectivity index (χ3v) is 3.89.